The Bertz CT molecular complexity index is 395. The topological polar surface area (TPSA) is 58.3 Å². The fourth-order valence-electron chi connectivity index (χ4n) is 2.07. The first-order chi connectivity index (χ1) is 8.36. The van der Waals surface area contributed by atoms with Crippen molar-refractivity contribution in [2.45, 2.75) is 44.6 Å². The molecule has 0 aromatic carbocycles. The normalized spacial score (nSPS) is 16.9. The second-order valence-corrected chi connectivity index (χ2v) is 4.78. The van der Waals surface area contributed by atoms with Crippen molar-refractivity contribution >= 4 is 0 Å². The van der Waals surface area contributed by atoms with Gasteiger partial charge in [-0.1, -0.05) is 20.3 Å². The van der Waals surface area contributed by atoms with E-state index in [-0.39, 0.29) is 11.3 Å². The SMILES string of the molecule is CCCC(O)C(C)(CO)c1cn(C)nc1C(F)F. The molecule has 0 fully saturated rings. The van der Waals surface area contributed by atoms with Crippen LogP contribution in [0.3, 0.4) is 0 Å². The molecule has 4 nitrogen and oxygen atoms in total. The summed E-state index contributed by atoms with van der Waals surface area (Å²) in [4.78, 5) is 0. The number of aromatic nitrogens is 2. The number of alkyl halides is 2. The number of hydrogen-bond donors (Lipinski definition) is 2. The van der Waals surface area contributed by atoms with Gasteiger partial charge in [0.1, 0.15) is 5.69 Å². The van der Waals surface area contributed by atoms with Gasteiger partial charge in [-0.15, -0.1) is 0 Å². The van der Waals surface area contributed by atoms with Gasteiger partial charge >= 0.3 is 0 Å². The lowest BCUT2D eigenvalue weighted by molar-refractivity contribution is 0.0389. The highest BCUT2D eigenvalue weighted by Gasteiger charge is 2.39. The first kappa shape index (κ1) is 15.0. The van der Waals surface area contributed by atoms with Gasteiger partial charge in [-0.05, 0) is 6.42 Å². The van der Waals surface area contributed by atoms with Crippen molar-refractivity contribution in [3.05, 3.63) is 17.5 Å². The van der Waals surface area contributed by atoms with E-state index in [1.54, 1.807) is 14.0 Å². The summed E-state index contributed by atoms with van der Waals surface area (Å²) in [6.45, 7) is 3.06. The Balaban J connectivity index is 3.22. The van der Waals surface area contributed by atoms with Gasteiger partial charge in [-0.2, -0.15) is 5.10 Å². The van der Waals surface area contributed by atoms with E-state index < -0.39 is 24.6 Å². The smallest absolute Gasteiger partial charge is 0.282 e. The molecule has 0 radical (unpaired) electrons. The molecule has 0 aliphatic heterocycles. The molecule has 0 amide bonds. The van der Waals surface area contributed by atoms with Crippen molar-refractivity contribution in [1.82, 2.24) is 9.78 Å². The molecule has 6 heteroatoms. The Kier molecular flexibility index (Phi) is 4.81. The lowest BCUT2D eigenvalue weighted by Crippen LogP contribution is -2.40. The number of hydrogen-bond acceptors (Lipinski definition) is 3. The molecular formula is C12H20F2N2O2. The van der Waals surface area contributed by atoms with E-state index in [0.29, 0.717) is 12.8 Å². The average molecular weight is 262 g/mol. The molecule has 0 aliphatic rings. The molecular weight excluding hydrogens is 242 g/mol. The number of aliphatic hydroxyl groups is 2. The Morgan fingerprint density at radius 1 is 1.50 bits per heavy atom. The highest BCUT2D eigenvalue weighted by molar-refractivity contribution is 5.29. The molecule has 0 bridgehead atoms. The second kappa shape index (κ2) is 5.75. The number of halogens is 2. The Hall–Kier alpha value is -1.01. The molecule has 0 saturated carbocycles. The minimum Gasteiger partial charge on any atom is -0.395 e. The summed E-state index contributed by atoms with van der Waals surface area (Å²) in [5, 5.41) is 23.3. The predicted molar refractivity (Wildman–Crippen MR) is 63.5 cm³/mol. The molecule has 1 aromatic rings. The van der Waals surface area contributed by atoms with Crippen LogP contribution in [-0.4, -0.2) is 32.7 Å². The summed E-state index contributed by atoms with van der Waals surface area (Å²) in [7, 11) is 1.54. The van der Waals surface area contributed by atoms with Gasteiger partial charge in [-0.3, -0.25) is 4.68 Å². The summed E-state index contributed by atoms with van der Waals surface area (Å²) in [5.74, 6) is 0. The molecule has 18 heavy (non-hydrogen) atoms. The van der Waals surface area contributed by atoms with E-state index in [0.717, 1.165) is 0 Å². The maximum atomic E-state index is 12.9. The second-order valence-electron chi connectivity index (χ2n) is 4.78. The van der Waals surface area contributed by atoms with Gasteiger partial charge in [0.05, 0.1) is 12.7 Å². The van der Waals surface area contributed by atoms with Crippen LogP contribution in [0.5, 0.6) is 0 Å². The van der Waals surface area contributed by atoms with Gasteiger partial charge in [0.2, 0.25) is 0 Å². The van der Waals surface area contributed by atoms with Crippen molar-refractivity contribution < 1.29 is 19.0 Å². The zero-order valence-electron chi connectivity index (χ0n) is 10.9. The Morgan fingerprint density at radius 2 is 2.11 bits per heavy atom. The summed E-state index contributed by atoms with van der Waals surface area (Å²) >= 11 is 0. The summed E-state index contributed by atoms with van der Waals surface area (Å²) in [5.41, 5.74) is -1.27. The van der Waals surface area contributed by atoms with Gasteiger partial charge < -0.3 is 10.2 Å². The number of aliphatic hydroxyl groups excluding tert-OH is 2. The minimum atomic E-state index is -2.72. The van der Waals surface area contributed by atoms with Crippen LogP contribution in [-0.2, 0) is 12.5 Å². The molecule has 0 saturated heterocycles. The molecule has 104 valence electrons. The summed E-state index contributed by atoms with van der Waals surface area (Å²) in [6.07, 6.45) is -1.01. The van der Waals surface area contributed by atoms with E-state index in [1.807, 2.05) is 6.92 Å². The standard InChI is InChI=1S/C12H20F2N2O2/c1-4-5-9(18)12(2,7-17)8-6-16(3)15-10(8)11(13)14/h6,9,11,17-18H,4-5,7H2,1-3H3. The first-order valence-electron chi connectivity index (χ1n) is 5.97. The van der Waals surface area contributed by atoms with Crippen molar-refractivity contribution in [1.29, 1.82) is 0 Å². The van der Waals surface area contributed by atoms with E-state index in [4.69, 9.17) is 0 Å². The minimum absolute atomic E-state index is 0.212. The number of nitrogens with zero attached hydrogens (tertiary/aromatic N) is 2. The largest absolute Gasteiger partial charge is 0.395 e. The van der Waals surface area contributed by atoms with Crippen LogP contribution in [0.4, 0.5) is 8.78 Å². The number of rotatable bonds is 6. The van der Waals surface area contributed by atoms with Crippen molar-refractivity contribution in [3.8, 4) is 0 Å². The van der Waals surface area contributed by atoms with E-state index in [9.17, 15) is 19.0 Å². The third kappa shape index (κ3) is 2.70. The molecule has 1 rings (SSSR count). The zero-order chi connectivity index (χ0) is 13.9. The monoisotopic (exact) mass is 262 g/mol. The molecule has 2 N–H and O–H groups in total. The maximum absolute atomic E-state index is 12.9. The van der Waals surface area contributed by atoms with Gasteiger partial charge in [-0.25, -0.2) is 8.78 Å². The van der Waals surface area contributed by atoms with E-state index in [2.05, 4.69) is 5.10 Å². The molecule has 2 unspecified atom stereocenters. The fourth-order valence-corrected chi connectivity index (χ4v) is 2.07. The third-order valence-corrected chi connectivity index (χ3v) is 3.31. The summed E-state index contributed by atoms with van der Waals surface area (Å²) in [6, 6.07) is 0. The number of aryl methyl sites for hydroxylation is 1. The average Bonchev–Trinajstić information content (AvgIpc) is 2.71. The summed E-state index contributed by atoms with van der Waals surface area (Å²) < 4.78 is 27.1. The van der Waals surface area contributed by atoms with Crippen molar-refractivity contribution in [2.24, 2.45) is 7.05 Å². The van der Waals surface area contributed by atoms with Gasteiger partial charge in [0, 0.05) is 24.2 Å². The van der Waals surface area contributed by atoms with Crippen LogP contribution in [0, 0.1) is 0 Å². The van der Waals surface area contributed by atoms with E-state index in [1.165, 1.54) is 10.9 Å². The zero-order valence-corrected chi connectivity index (χ0v) is 10.9. The van der Waals surface area contributed by atoms with Crippen molar-refractivity contribution in [2.75, 3.05) is 6.61 Å². The third-order valence-electron chi connectivity index (χ3n) is 3.31. The van der Waals surface area contributed by atoms with Gasteiger partial charge in [0.25, 0.3) is 6.43 Å². The van der Waals surface area contributed by atoms with Crippen LogP contribution >= 0.6 is 0 Å². The van der Waals surface area contributed by atoms with Crippen LogP contribution in [0.25, 0.3) is 0 Å². The maximum Gasteiger partial charge on any atom is 0.282 e. The van der Waals surface area contributed by atoms with Crippen LogP contribution < -0.4 is 0 Å². The lowest BCUT2D eigenvalue weighted by Gasteiger charge is -2.32. The first-order valence-corrected chi connectivity index (χ1v) is 5.97. The van der Waals surface area contributed by atoms with E-state index >= 15 is 0 Å². The Labute approximate surface area is 105 Å². The fraction of sp³-hybridized carbons (Fsp3) is 0.750. The Morgan fingerprint density at radius 3 is 2.56 bits per heavy atom. The molecule has 1 aromatic heterocycles. The van der Waals surface area contributed by atoms with Crippen LogP contribution in [0.2, 0.25) is 0 Å². The molecule has 2 atom stereocenters. The van der Waals surface area contributed by atoms with Crippen molar-refractivity contribution in [3.63, 3.8) is 0 Å². The van der Waals surface area contributed by atoms with Crippen LogP contribution in [0.1, 0.15) is 44.4 Å². The highest BCUT2D eigenvalue weighted by Crippen LogP contribution is 2.35. The molecule has 0 aliphatic carbocycles. The molecule has 0 spiro atoms. The molecule has 1 heterocycles. The highest BCUT2D eigenvalue weighted by atomic mass is 19.3. The van der Waals surface area contributed by atoms with Crippen LogP contribution in [0.15, 0.2) is 6.20 Å². The quantitative estimate of drug-likeness (QED) is 0.821. The predicted octanol–water partition coefficient (Wildman–Crippen LogP) is 1.77. The lowest BCUT2D eigenvalue weighted by atomic mass is 9.76. The van der Waals surface area contributed by atoms with Gasteiger partial charge in [0.15, 0.2) is 0 Å².